The molecular weight excluding hydrogens is 204 g/mol. The van der Waals surface area contributed by atoms with Crippen molar-refractivity contribution in [3.8, 4) is 0 Å². The summed E-state index contributed by atoms with van der Waals surface area (Å²) in [4.78, 5) is 0. The number of hydrogen-bond acceptors (Lipinski definition) is 0. The minimum absolute atomic E-state index is 0.479. The Balaban J connectivity index is 2.95. The molecule has 2 rings (SSSR count). The Kier molecular flexibility index (Phi) is 3.14. The van der Waals surface area contributed by atoms with Crippen molar-refractivity contribution in [1.29, 1.82) is 0 Å². The molecule has 0 aromatic heterocycles. The molecule has 0 heteroatoms. The third-order valence-electron chi connectivity index (χ3n) is 3.16. The van der Waals surface area contributed by atoms with E-state index in [1.54, 1.807) is 0 Å². The van der Waals surface area contributed by atoms with E-state index in [0.29, 0.717) is 5.92 Å². The molecule has 0 amide bonds. The molecule has 0 saturated carbocycles. The lowest BCUT2D eigenvalue weighted by Crippen LogP contribution is -1.96. The van der Waals surface area contributed by atoms with Gasteiger partial charge >= 0.3 is 0 Å². The van der Waals surface area contributed by atoms with Gasteiger partial charge in [-0.05, 0) is 39.4 Å². The standard InChI is InChI=1S/C17H18/c1-5-13-11-14-9-7-8-10-16(14)17(12(3)4)15(13)6-2/h5-12H,1-2H2,3-4H3. The van der Waals surface area contributed by atoms with Gasteiger partial charge in [0, 0.05) is 0 Å². The van der Waals surface area contributed by atoms with Gasteiger partial charge in [-0.2, -0.15) is 0 Å². The summed E-state index contributed by atoms with van der Waals surface area (Å²) in [6.07, 6.45) is 3.86. The maximum atomic E-state index is 3.94. The molecule has 0 N–H and O–H groups in total. The lowest BCUT2D eigenvalue weighted by atomic mass is 9.88. The molecule has 0 bridgehead atoms. The number of benzene rings is 2. The lowest BCUT2D eigenvalue weighted by molar-refractivity contribution is 0.873. The Bertz CT molecular complexity index is 574. The van der Waals surface area contributed by atoms with Crippen molar-refractivity contribution >= 4 is 22.9 Å². The Morgan fingerprint density at radius 1 is 1.06 bits per heavy atom. The maximum Gasteiger partial charge on any atom is -0.0143 e. The second-order valence-corrected chi connectivity index (χ2v) is 4.58. The maximum absolute atomic E-state index is 3.94. The molecule has 0 aliphatic rings. The summed E-state index contributed by atoms with van der Waals surface area (Å²) >= 11 is 0. The van der Waals surface area contributed by atoms with Crippen LogP contribution in [-0.2, 0) is 0 Å². The summed E-state index contributed by atoms with van der Waals surface area (Å²) in [6, 6.07) is 10.7. The van der Waals surface area contributed by atoms with Crippen LogP contribution in [0.15, 0.2) is 43.5 Å². The van der Waals surface area contributed by atoms with Crippen LogP contribution in [0.2, 0.25) is 0 Å². The van der Waals surface area contributed by atoms with E-state index >= 15 is 0 Å². The van der Waals surface area contributed by atoms with Crippen molar-refractivity contribution in [1.82, 2.24) is 0 Å². The minimum Gasteiger partial charge on any atom is -0.0984 e. The highest BCUT2D eigenvalue weighted by molar-refractivity contribution is 5.92. The first-order valence-corrected chi connectivity index (χ1v) is 5.99. The van der Waals surface area contributed by atoms with Gasteiger partial charge in [0.2, 0.25) is 0 Å². The molecule has 86 valence electrons. The quantitative estimate of drug-likeness (QED) is 0.665. The predicted octanol–water partition coefficient (Wildman–Crippen LogP) is 5.25. The highest BCUT2D eigenvalue weighted by Crippen LogP contribution is 2.32. The van der Waals surface area contributed by atoms with E-state index in [2.05, 4.69) is 57.3 Å². The highest BCUT2D eigenvalue weighted by atomic mass is 14.2. The molecular formula is C17H18. The minimum atomic E-state index is 0.479. The van der Waals surface area contributed by atoms with E-state index < -0.39 is 0 Å². The summed E-state index contributed by atoms with van der Waals surface area (Å²) in [5, 5.41) is 2.60. The summed E-state index contributed by atoms with van der Waals surface area (Å²) in [5.41, 5.74) is 3.75. The van der Waals surface area contributed by atoms with Gasteiger partial charge in [0.05, 0.1) is 0 Å². The van der Waals surface area contributed by atoms with Gasteiger partial charge < -0.3 is 0 Å². The van der Waals surface area contributed by atoms with E-state index in [9.17, 15) is 0 Å². The molecule has 0 aliphatic carbocycles. The average Bonchev–Trinajstić information content (AvgIpc) is 2.35. The Morgan fingerprint density at radius 2 is 1.76 bits per heavy atom. The van der Waals surface area contributed by atoms with Crippen LogP contribution in [0.25, 0.3) is 22.9 Å². The first-order valence-electron chi connectivity index (χ1n) is 5.99. The van der Waals surface area contributed by atoms with E-state index in [1.807, 2.05) is 12.2 Å². The third-order valence-corrected chi connectivity index (χ3v) is 3.16. The van der Waals surface area contributed by atoms with Crippen LogP contribution in [0.1, 0.15) is 36.5 Å². The van der Waals surface area contributed by atoms with Crippen molar-refractivity contribution in [3.05, 3.63) is 60.2 Å². The lowest BCUT2D eigenvalue weighted by Gasteiger charge is -2.16. The number of fused-ring (bicyclic) bond motifs is 1. The largest absolute Gasteiger partial charge is 0.0984 e. The van der Waals surface area contributed by atoms with E-state index in [1.165, 1.54) is 27.5 Å². The Labute approximate surface area is 103 Å². The van der Waals surface area contributed by atoms with Crippen LogP contribution in [-0.4, -0.2) is 0 Å². The van der Waals surface area contributed by atoms with Crippen molar-refractivity contribution in [2.75, 3.05) is 0 Å². The molecule has 0 unspecified atom stereocenters. The monoisotopic (exact) mass is 222 g/mol. The zero-order chi connectivity index (χ0) is 12.4. The molecule has 2 aromatic rings. The normalized spacial score (nSPS) is 10.8. The zero-order valence-electron chi connectivity index (χ0n) is 10.5. The molecule has 0 spiro atoms. The van der Waals surface area contributed by atoms with Gasteiger partial charge in [-0.25, -0.2) is 0 Å². The average molecular weight is 222 g/mol. The Morgan fingerprint density at radius 3 is 2.35 bits per heavy atom. The molecule has 0 aliphatic heterocycles. The van der Waals surface area contributed by atoms with Crippen LogP contribution in [0.5, 0.6) is 0 Å². The second-order valence-electron chi connectivity index (χ2n) is 4.58. The molecule has 17 heavy (non-hydrogen) atoms. The summed E-state index contributed by atoms with van der Waals surface area (Å²) < 4.78 is 0. The summed E-state index contributed by atoms with van der Waals surface area (Å²) in [7, 11) is 0. The first kappa shape index (κ1) is 11.7. The fourth-order valence-corrected chi connectivity index (χ4v) is 2.43. The predicted molar refractivity (Wildman–Crippen MR) is 78.2 cm³/mol. The molecule has 0 radical (unpaired) electrons. The van der Waals surface area contributed by atoms with Crippen molar-refractivity contribution in [2.45, 2.75) is 19.8 Å². The fraction of sp³-hybridized carbons (Fsp3) is 0.176. The van der Waals surface area contributed by atoms with Crippen LogP contribution in [0, 0.1) is 0 Å². The third kappa shape index (κ3) is 1.91. The smallest absolute Gasteiger partial charge is 0.0143 e. The van der Waals surface area contributed by atoms with Crippen LogP contribution in [0.4, 0.5) is 0 Å². The van der Waals surface area contributed by atoms with Gasteiger partial charge in [-0.3, -0.25) is 0 Å². The Hall–Kier alpha value is -1.82. The summed E-state index contributed by atoms with van der Waals surface area (Å²) in [6.45, 7) is 12.3. The molecule has 0 heterocycles. The molecule has 2 aromatic carbocycles. The fourth-order valence-electron chi connectivity index (χ4n) is 2.43. The molecule has 0 saturated heterocycles. The van der Waals surface area contributed by atoms with Crippen molar-refractivity contribution in [2.24, 2.45) is 0 Å². The van der Waals surface area contributed by atoms with Crippen LogP contribution < -0.4 is 0 Å². The van der Waals surface area contributed by atoms with E-state index in [0.717, 1.165) is 0 Å². The summed E-state index contributed by atoms with van der Waals surface area (Å²) in [5.74, 6) is 0.479. The first-order chi connectivity index (χ1) is 8.19. The van der Waals surface area contributed by atoms with Gasteiger partial charge in [0.1, 0.15) is 0 Å². The van der Waals surface area contributed by atoms with Gasteiger partial charge in [-0.15, -0.1) is 0 Å². The van der Waals surface area contributed by atoms with Gasteiger partial charge in [0.25, 0.3) is 0 Å². The second kappa shape index (κ2) is 4.58. The van der Waals surface area contributed by atoms with Crippen LogP contribution >= 0.6 is 0 Å². The molecule has 0 atom stereocenters. The topological polar surface area (TPSA) is 0 Å². The van der Waals surface area contributed by atoms with Gasteiger partial charge in [0.15, 0.2) is 0 Å². The number of hydrogen-bond donors (Lipinski definition) is 0. The highest BCUT2D eigenvalue weighted by Gasteiger charge is 2.12. The van der Waals surface area contributed by atoms with Crippen LogP contribution in [0.3, 0.4) is 0 Å². The zero-order valence-corrected chi connectivity index (χ0v) is 10.5. The van der Waals surface area contributed by atoms with Gasteiger partial charge in [-0.1, -0.05) is 63.4 Å². The van der Waals surface area contributed by atoms with Crippen molar-refractivity contribution < 1.29 is 0 Å². The van der Waals surface area contributed by atoms with E-state index in [-0.39, 0.29) is 0 Å². The number of rotatable bonds is 3. The SMILES string of the molecule is C=Cc1cc2ccccc2c(C(C)C)c1C=C. The molecule has 0 fully saturated rings. The van der Waals surface area contributed by atoms with E-state index in [4.69, 9.17) is 0 Å². The molecule has 0 nitrogen and oxygen atoms in total. The van der Waals surface area contributed by atoms with Crippen molar-refractivity contribution in [3.63, 3.8) is 0 Å².